The maximum absolute atomic E-state index is 12.1. The van der Waals surface area contributed by atoms with Crippen LogP contribution in [0.4, 0.5) is 0 Å². The normalized spacial score (nSPS) is 26.3. The van der Waals surface area contributed by atoms with Crippen LogP contribution in [0.1, 0.15) is 63.4 Å². The van der Waals surface area contributed by atoms with E-state index in [1.807, 2.05) is 12.1 Å². The summed E-state index contributed by atoms with van der Waals surface area (Å²) in [5.41, 5.74) is 6.18. The molecular formula is C18H27BClNO4. The van der Waals surface area contributed by atoms with Gasteiger partial charge in [0, 0.05) is 24.3 Å². The van der Waals surface area contributed by atoms with E-state index in [1.165, 1.54) is 0 Å². The van der Waals surface area contributed by atoms with Crippen molar-refractivity contribution in [1.82, 2.24) is 0 Å². The molecule has 7 heteroatoms. The zero-order valence-electron chi connectivity index (χ0n) is 14.7. The van der Waals surface area contributed by atoms with Gasteiger partial charge in [-0.05, 0) is 42.3 Å². The molecule has 0 spiro atoms. The molecule has 1 aliphatic rings. The van der Waals surface area contributed by atoms with Crippen LogP contribution < -0.4 is 5.73 Å². The average Bonchev–Trinajstić information content (AvgIpc) is 2.54. The highest BCUT2D eigenvalue weighted by atomic mass is 35.5. The maximum Gasteiger partial charge on any atom is 0.454 e. The highest BCUT2D eigenvalue weighted by Crippen LogP contribution is 2.44. The molecule has 0 bridgehead atoms. The number of benzene rings is 1. The molecule has 1 aromatic rings. The lowest BCUT2D eigenvalue weighted by molar-refractivity contribution is -0.163. The second-order valence-electron chi connectivity index (χ2n) is 7.06. The molecule has 5 nitrogen and oxygen atoms in total. The van der Waals surface area contributed by atoms with Gasteiger partial charge in [0.05, 0.1) is 0 Å². The third-order valence-electron chi connectivity index (χ3n) is 4.85. The number of hydrogen-bond acceptors (Lipinski definition) is 5. The van der Waals surface area contributed by atoms with Crippen molar-refractivity contribution in [3.8, 4) is 0 Å². The number of carbonyl (C=O) groups excluding carboxylic acids is 1. The van der Waals surface area contributed by atoms with Gasteiger partial charge in [0.25, 0.3) is 0 Å². The molecule has 0 amide bonds. The largest absolute Gasteiger partial charge is 0.454 e. The predicted octanol–water partition coefficient (Wildman–Crippen LogP) is 3.23. The molecule has 4 N–H and O–H groups in total. The van der Waals surface area contributed by atoms with Crippen molar-refractivity contribution in [3.05, 3.63) is 34.9 Å². The molecule has 0 saturated heterocycles. The summed E-state index contributed by atoms with van der Waals surface area (Å²) in [7, 11) is -1.49. The molecule has 25 heavy (non-hydrogen) atoms. The number of ether oxygens (including phenoxy) is 1. The molecule has 3 atom stereocenters. The third-order valence-corrected chi connectivity index (χ3v) is 5.10. The summed E-state index contributed by atoms with van der Waals surface area (Å²) in [6, 6.07) is 7.40. The van der Waals surface area contributed by atoms with E-state index < -0.39 is 18.7 Å². The molecular weight excluding hydrogens is 340 g/mol. The van der Waals surface area contributed by atoms with Crippen molar-refractivity contribution in [3.63, 3.8) is 0 Å². The summed E-state index contributed by atoms with van der Waals surface area (Å²) in [5.74, 6) is -0.784. The minimum Gasteiger partial charge on any atom is -0.444 e. The SMILES string of the molecule is CCCCCC(=O)OC1(N)CC(B(O)O)CC(c2ccc(Cl)cc2)C1. The number of carbonyl (C=O) groups is 1. The molecule has 138 valence electrons. The summed E-state index contributed by atoms with van der Waals surface area (Å²) in [5, 5.41) is 20.0. The van der Waals surface area contributed by atoms with Gasteiger partial charge in [-0.25, -0.2) is 0 Å². The summed E-state index contributed by atoms with van der Waals surface area (Å²) >= 11 is 5.94. The fourth-order valence-corrected chi connectivity index (χ4v) is 3.70. The van der Waals surface area contributed by atoms with E-state index in [0.29, 0.717) is 24.3 Å². The Hall–Kier alpha value is -1.08. The number of esters is 1. The second kappa shape index (κ2) is 9.03. The van der Waals surface area contributed by atoms with Gasteiger partial charge in [0.2, 0.25) is 0 Å². The fraction of sp³-hybridized carbons (Fsp3) is 0.611. The van der Waals surface area contributed by atoms with Crippen molar-refractivity contribution in [1.29, 1.82) is 0 Å². The Morgan fingerprint density at radius 3 is 2.60 bits per heavy atom. The van der Waals surface area contributed by atoms with E-state index in [1.54, 1.807) is 12.1 Å². The number of rotatable bonds is 7. The predicted molar refractivity (Wildman–Crippen MR) is 99.1 cm³/mol. The van der Waals surface area contributed by atoms with Crippen molar-refractivity contribution >= 4 is 24.7 Å². The molecule has 0 radical (unpaired) electrons. The van der Waals surface area contributed by atoms with Gasteiger partial charge in [-0.3, -0.25) is 10.5 Å². The number of nitrogens with two attached hydrogens (primary N) is 1. The minimum absolute atomic E-state index is 0.0220. The number of halogens is 1. The van der Waals surface area contributed by atoms with E-state index in [0.717, 1.165) is 24.8 Å². The first-order valence-corrected chi connectivity index (χ1v) is 9.33. The van der Waals surface area contributed by atoms with Gasteiger partial charge in [0.1, 0.15) is 0 Å². The highest BCUT2D eigenvalue weighted by Gasteiger charge is 2.44. The van der Waals surface area contributed by atoms with Gasteiger partial charge in [-0.15, -0.1) is 0 Å². The third kappa shape index (κ3) is 5.99. The van der Waals surface area contributed by atoms with Crippen LogP contribution in [-0.4, -0.2) is 28.9 Å². The van der Waals surface area contributed by atoms with Crippen molar-refractivity contribution < 1.29 is 19.6 Å². The zero-order chi connectivity index (χ0) is 18.4. The molecule has 1 saturated carbocycles. The number of hydrogen-bond donors (Lipinski definition) is 3. The quantitative estimate of drug-likeness (QED) is 0.298. The molecule has 2 rings (SSSR count). The van der Waals surface area contributed by atoms with Crippen LogP contribution in [0.15, 0.2) is 24.3 Å². The van der Waals surface area contributed by atoms with Crippen molar-refractivity contribution in [2.75, 3.05) is 0 Å². The monoisotopic (exact) mass is 367 g/mol. The first-order valence-electron chi connectivity index (χ1n) is 8.95. The van der Waals surface area contributed by atoms with Crippen LogP contribution in [0.3, 0.4) is 0 Å². The van der Waals surface area contributed by atoms with Crippen LogP contribution in [0.2, 0.25) is 10.8 Å². The van der Waals surface area contributed by atoms with E-state index >= 15 is 0 Å². The summed E-state index contributed by atoms with van der Waals surface area (Å²) < 4.78 is 5.57. The Balaban J connectivity index is 2.10. The zero-order valence-corrected chi connectivity index (χ0v) is 15.4. The molecule has 1 aliphatic carbocycles. The van der Waals surface area contributed by atoms with Gasteiger partial charge in [-0.1, -0.05) is 43.5 Å². The van der Waals surface area contributed by atoms with E-state index in [2.05, 4.69) is 6.92 Å². The van der Waals surface area contributed by atoms with Crippen LogP contribution in [0, 0.1) is 0 Å². The van der Waals surface area contributed by atoms with Gasteiger partial charge >= 0.3 is 13.1 Å². The Bertz CT molecular complexity index is 569. The molecule has 0 aromatic heterocycles. The topological polar surface area (TPSA) is 92.8 Å². The molecule has 3 unspecified atom stereocenters. The second-order valence-corrected chi connectivity index (χ2v) is 7.50. The summed E-state index contributed by atoms with van der Waals surface area (Å²) in [6.07, 6.45) is 4.39. The Labute approximate surface area is 154 Å². The van der Waals surface area contributed by atoms with Gasteiger partial charge in [-0.2, -0.15) is 0 Å². The van der Waals surface area contributed by atoms with Gasteiger partial charge < -0.3 is 14.8 Å². The van der Waals surface area contributed by atoms with Crippen LogP contribution in [0.5, 0.6) is 0 Å². The highest BCUT2D eigenvalue weighted by molar-refractivity contribution is 6.43. The lowest BCUT2D eigenvalue weighted by atomic mass is 9.59. The Morgan fingerprint density at radius 1 is 1.32 bits per heavy atom. The van der Waals surface area contributed by atoms with Crippen LogP contribution >= 0.6 is 11.6 Å². The maximum atomic E-state index is 12.1. The van der Waals surface area contributed by atoms with Crippen LogP contribution in [-0.2, 0) is 9.53 Å². The first kappa shape index (κ1) is 20.2. The molecule has 0 heterocycles. The first-order chi connectivity index (χ1) is 11.8. The molecule has 1 fully saturated rings. The standard InChI is InChI=1S/C18H27BClNO4/c1-2-3-4-5-17(22)25-18(21)11-14(10-15(12-18)19(23)24)13-6-8-16(20)9-7-13/h6-9,14-15,23-24H,2-5,10-12,21H2,1H3. The Morgan fingerprint density at radius 2 is 2.00 bits per heavy atom. The van der Waals surface area contributed by atoms with E-state index in [9.17, 15) is 14.8 Å². The van der Waals surface area contributed by atoms with Crippen molar-refractivity contribution in [2.24, 2.45) is 5.73 Å². The van der Waals surface area contributed by atoms with Gasteiger partial charge in [0.15, 0.2) is 5.72 Å². The average molecular weight is 368 g/mol. The summed E-state index contributed by atoms with van der Waals surface area (Å²) in [4.78, 5) is 12.1. The molecule has 1 aromatic carbocycles. The smallest absolute Gasteiger partial charge is 0.444 e. The lowest BCUT2D eigenvalue weighted by Crippen LogP contribution is -2.51. The fourth-order valence-electron chi connectivity index (χ4n) is 3.57. The van der Waals surface area contributed by atoms with Crippen molar-refractivity contribution in [2.45, 2.75) is 69.3 Å². The van der Waals surface area contributed by atoms with E-state index in [4.69, 9.17) is 22.1 Å². The summed E-state index contributed by atoms with van der Waals surface area (Å²) in [6.45, 7) is 2.07. The molecule has 0 aliphatic heterocycles. The van der Waals surface area contributed by atoms with E-state index in [-0.39, 0.29) is 18.3 Å². The number of unbranched alkanes of at least 4 members (excludes halogenated alkanes) is 2. The lowest BCUT2D eigenvalue weighted by Gasteiger charge is -2.41. The Kier molecular flexibility index (Phi) is 7.31. The minimum atomic E-state index is -1.49. The van der Waals surface area contributed by atoms with Crippen LogP contribution in [0.25, 0.3) is 0 Å².